The number of nitrogens with one attached hydrogen (secondary N) is 1. The monoisotopic (exact) mass is 327 g/mol. The Kier molecular flexibility index (Phi) is 5.40. The maximum atomic E-state index is 5.87. The van der Waals surface area contributed by atoms with E-state index in [9.17, 15) is 0 Å². The summed E-state index contributed by atoms with van der Waals surface area (Å²) in [7, 11) is 0. The van der Waals surface area contributed by atoms with E-state index in [1.54, 1.807) is 0 Å². The van der Waals surface area contributed by atoms with Gasteiger partial charge < -0.3 is 9.73 Å². The van der Waals surface area contributed by atoms with Crippen LogP contribution in [0, 0.1) is 0 Å². The molecule has 0 radical (unpaired) electrons. The van der Waals surface area contributed by atoms with Crippen LogP contribution in [0.1, 0.15) is 22.9 Å². The van der Waals surface area contributed by atoms with Crippen LogP contribution in [0.2, 0.25) is 5.02 Å². The fourth-order valence-electron chi connectivity index (χ4n) is 2.28. The fraction of sp³-hybridized carbons (Fsp3) is 0.222. The summed E-state index contributed by atoms with van der Waals surface area (Å²) in [6.45, 7) is 1.42. The summed E-state index contributed by atoms with van der Waals surface area (Å²) < 4.78 is 5.65. The highest BCUT2D eigenvalue weighted by molar-refractivity contribution is 6.30. The van der Waals surface area contributed by atoms with Gasteiger partial charge in [0.05, 0.1) is 13.0 Å². The fourth-order valence-corrected chi connectivity index (χ4v) is 2.41. The maximum Gasteiger partial charge on any atom is 0.230 e. The van der Waals surface area contributed by atoms with E-state index in [1.807, 2.05) is 54.6 Å². The van der Waals surface area contributed by atoms with Crippen molar-refractivity contribution in [2.45, 2.75) is 19.4 Å². The normalized spacial score (nSPS) is 10.8. The van der Waals surface area contributed by atoms with Crippen molar-refractivity contribution in [1.29, 1.82) is 0 Å². The predicted octanol–water partition coefficient (Wildman–Crippen LogP) is 3.65. The van der Waals surface area contributed by atoms with Gasteiger partial charge in [0, 0.05) is 5.02 Å². The van der Waals surface area contributed by atoms with Crippen LogP contribution < -0.4 is 5.32 Å². The lowest BCUT2D eigenvalue weighted by Gasteiger charge is -2.02. The molecule has 0 saturated carbocycles. The van der Waals surface area contributed by atoms with Crippen LogP contribution in [0.4, 0.5) is 0 Å². The molecular formula is C18H18ClN3O. The van der Waals surface area contributed by atoms with Gasteiger partial charge in [0.2, 0.25) is 11.8 Å². The average Bonchev–Trinajstić information content (AvgIpc) is 3.02. The lowest BCUT2D eigenvalue weighted by Crippen LogP contribution is -2.16. The van der Waals surface area contributed by atoms with E-state index in [2.05, 4.69) is 15.5 Å². The number of hydrogen-bond acceptors (Lipinski definition) is 4. The largest absolute Gasteiger partial charge is 0.424 e. The zero-order valence-electron chi connectivity index (χ0n) is 12.7. The van der Waals surface area contributed by atoms with Gasteiger partial charge in [-0.05, 0) is 36.2 Å². The number of halogens is 1. The van der Waals surface area contributed by atoms with Crippen molar-refractivity contribution < 1.29 is 4.42 Å². The van der Waals surface area contributed by atoms with Crippen LogP contribution in [0.15, 0.2) is 59.0 Å². The molecule has 0 saturated heterocycles. The molecule has 0 spiro atoms. The van der Waals surface area contributed by atoms with Gasteiger partial charge in [0.1, 0.15) is 0 Å². The van der Waals surface area contributed by atoms with Crippen molar-refractivity contribution in [1.82, 2.24) is 15.5 Å². The Morgan fingerprint density at radius 1 is 0.870 bits per heavy atom. The third-order valence-electron chi connectivity index (χ3n) is 3.49. The Morgan fingerprint density at radius 2 is 1.61 bits per heavy atom. The molecule has 23 heavy (non-hydrogen) atoms. The summed E-state index contributed by atoms with van der Waals surface area (Å²) in [5.41, 5.74) is 2.41. The van der Waals surface area contributed by atoms with Crippen LogP contribution in [0.25, 0.3) is 0 Å². The zero-order valence-corrected chi connectivity index (χ0v) is 13.5. The Bertz CT molecular complexity index is 726. The molecule has 0 fully saturated rings. The van der Waals surface area contributed by atoms with Crippen molar-refractivity contribution in [3.63, 3.8) is 0 Å². The van der Waals surface area contributed by atoms with Gasteiger partial charge >= 0.3 is 0 Å². The summed E-state index contributed by atoms with van der Waals surface area (Å²) in [5.74, 6) is 1.26. The Morgan fingerprint density at radius 3 is 2.39 bits per heavy atom. The third-order valence-corrected chi connectivity index (χ3v) is 3.74. The standard InChI is InChI=1S/C18H18ClN3O/c19-16-8-6-14(7-9-16)10-11-20-13-18-22-21-17(23-18)12-15-4-2-1-3-5-15/h1-9,20H,10-13H2. The van der Waals surface area contributed by atoms with Crippen molar-refractivity contribution in [2.24, 2.45) is 0 Å². The van der Waals surface area contributed by atoms with Gasteiger partial charge in [-0.25, -0.2) is 0 Å². The lowest BCUT2D eigenvalue weighted by atomic mass is 10.1. The first kappa shape index (κ1) is 15.7. The molecule has 0 unspecified atom stereocenters. The summed E-state index contributed by atoms with van der Waals surface area (Å²) in [4.78, 5) is 0. The van der Waals surface area contributed by atoms with Gasteiger partial charge in [0.15, 0.2) is 0 Å². The van der Waals surface area contributed by atoms with E-state index in [0.717, 1.165) is 18.0 Å². The highest BCUT2D eigenvalue weighted by Gasteiger charge is 2.06. The van der Waals surface area contributed by atoms with E-state index in [4.69, 9.17) is 16.0 Å². The van der Waals surface area contributed by atoms with Crippen LogP contribution in [-0.2, 0) is 19.4 Å². The van der Waals surface area contributed by atoms with Gasteiger partial charge in [-0.15, -0.1) is 10.2 Å². The second-order valence-electron chi connectivity index (χ2n) is 5.31. The molecule has 2 aromatic carbocycles. The summed E-state index contributed by atoms with van der Waals surface area (Å²) in [6.07, 6.45) is 1.60. The van der Waals surface area contributed by atoms with Crippen molar-refractivity contribution >= 4 is 11.6 Å². The molecule has 0 bridgehead atoms. The first-order valence-electron chi connectivity index (χ1n) is 7.60. The third kappa shape index (κ3) is 4.91. The van der Waals surface area contributed by atoms with Crippen LogP contribution in [0.5, 0.6) is 0 Å². The van der Waals surface area contributed by atoms with Crippen LogP contribution >= 0.6 is 11.6 Å². The molecule has 0 aliphatic carbocycles. The molecule has 0 aliphatic rings. The summed E-state index contributed by atoms with van der Waals surface area (Å²) in [6, 6.07) is 18.0. The van der Waals surface area contributed by atoms with E-state index < -0.39 is 0 Å². The highest BCUT2D eigenvalue weighted by atomic mass is 35.5. The predicted molar refractivity (Wildman–Crippen MR) is 90.4 cm³/mol. The molecule has 1 aromatic heterocycles. The molecule has 0 amide bonds. The number of hydrogen-bond donors (Lipinski definition) is 1. The van der Waals surface area contributed by atoms with Gasteiger partial charge in [-0.2, -0.15) is 0 Å². The molecule has 0 aliphatic heterocycles. The van der Waals surface area contributed by atoms with Crippen LogP contribution in [0.3, 0.4) is 0 Å². The SMILES string of the molecule is Clc1ccc(CCNCc2nnc(Cc3ccccc3)o2)cc1. The van der Waals surface area contributed by atoms with E-state index in [1.165, 1.54) is 11.1 Å². The van der Waals surface area contributed by atoms with Crippen molar-refractivity contribution in [3.8, 4) is 0 Å². The molecule has 1 heterocycles. The molecule has 0 atom stereocenters. The Balaban J connectivity index is 1.43. The molecule has 4 nitrogen and oxygen atoms in total. The topological polar surface area (TPSA) is 51.0 Å². The number of nitrogens with zero attached hydrogens (tertiary/aromatic N) is 2. The Hall–Kier alpha value is -2.17. The minimum atomic E-state index is 0.579. The maximum absolute atomic E-state index is 5.87. The molecule has 5 heteroatoms. The lowest BCUT2D eigenvalue weighted by molar-refractivity contribution is 0.439. The van der Waals surface area contributed by atoms with E-state index in [-0.39, 0.29) is 0 Å². The second-order valence-corrected chi connectivity index (χ2v) is 5.74. The quantitative estimate of drug-likeness (QED) is 0.673. The second kappa shape index (κ2) is 7.90. The zero-order chi connectivity index (χ0) is 15.9. The minimum Gasteiger partial charge on any atom is -0.424 e. The minimum absolute atomic E-state index is 0.579. The van der Waals surface area contributed by atoms with Gasteiger partial charge in [-0.3, -0.25) is 0 Å². The number of rotatable bonds is 7. The highest BCUT2D eigenvalue weighted by Crippen LogP contribution is 2.10. The summed E-state index contributed by atoms with van der Waals surface area (Å²) >= 11 is 5.87. The van der Waals surface area contributed by atoms with Gasteiger partial charge in [0.25, 0.3) is 0 Å². The van der Waals surface area contributed by atoms with Crippen LogP contribution in [-0.4, -0.2) is 16.7 Å². The summed E-state index contributed by atoms with van der Waals surface area (Å²) in [5, 5.41) is 12.2. The molecule has 1 N–H and O–H groups in total. The van der Waals surface area contributed by atoms with E-state index in [0.29, 0.717) is 24.7 Å². The first-order valence-corrected chi connectivity index (χ1v) is 7.98. The smallest absolute Gasteiger partial charge is 0.230 e. The number of aromatic nitrogens is 2. The molecule has 3 aromatic rings. The van der Waals surface area contributed by atoms with E-state index >= 15 is 0 Å². The average molecular weight is 328 g/mol. The molecule has 3 rings (SSSR count). The first-order chi connectivity index (χ1) is 11.3. The van der Waals surface area contributed by atoms with Crippen molar-refractivity contribution in [2.75, 3.05) is 6.54 Å². The Labute approximate surface area is 140 Å². The molecular weight excluding hydrogens is 310 g/mol. The van der Waals surface area contributed by atoms with Gasteiger partial charge in [-0.1, -0.05) is 54.1 Å². The number of benzene rings is 2. The van der Waals surface area contributed by atoms with Crippen molar-refractivity contribution in [3.05, 3.63) is 82.5 Å². The molecule has 118 valence electrons.